The fourth-order valence-electron chi connectivity index (χ4n) is 2.02. The molecule has 1 nitrogen and oxygen atoms in total. The van der Waals surface area contributed by atoms with E-state index in [1.165, 1.54) is 32.4 Å². The molecule has 64 valence electrons. The van der Waals surface area contributed by atoms with Crippen LogP contribution in [0.2, 0.25) is 0 Å². The van der Waals surface area contributed by atoms with Crippen LogP contribution < -0.4 is 0 Å². The second-order valence-corrected chi connectivity index (χ2v) is 4.82. The lowest BCUT2D eigenvalue weighted by molar-refractivity contribution is 0.245. The standard InChI is InChI=1S/C10H13NS/c1-2-9(1)11-5-3-10-8(7-11)4-6-12-10/h4,6,9H,1-3,5,7H2. The highest BCUT2D eigenvalue weighted by Gasteiger charge is 2.31. The van der Waals surface area contributed by atoms with Crippen LogP contribution in [0.15, 0.2) is 11.4 Å². The lowest BCUT2D eigenvalue weighted by atomic mass is 10.1. The Bertz CT molecular complexity index is 288. The van der Waals surface area contributed by atoms with E-state index in [4.69, 9.17) is 0 Å². The lowest BCUT2D eigenvalue weighted by Crippen LogP contribution is -2.31. The Balaban J connectivity index is 1.83. The van der Waals surface area contributed by atoms with Crippen molar-refractivity contribution >= 4 is 11.3 Å². The summed E-state index contributed by atoms with van der Waals surface area (Å²) in [6.45, 7) is 2.53. The lowest BCUT2D eigenvalue weighted by Gasteiger charge is -2.26. The minimum Gasteiger partial charge on any atom is -0.296 e. The molecule has 2 aliphatic rings. The summed E-state index contributed by atoms with van der Waals surface area (Å²) in [5, 5.41) is 2.24. The summed E-state index contributed by atoms with van der Waals surface area (Å²) in [6, 6.07) is 3.24. The second kappa shape index (κ2) is 2.57. The van der Waals surface area contributed by atoms with Gasteiger partial charge in [-0.05, 0) is 36.3 Å². The van der Waals surface area contributed by atoms with E-state index in [2.05, 4.69) is 16.3 Å². The molecule has 0 bridgehead atoms. The summed E-state index contributed by atoms with van der Waals surface area (Å²) in [7, 11) is 0. The minimum atomic E-state index is 0.943. The van der Waals surface area contributed by atoms with Crippen LogP contribution in [0, 0.1) is 0 Å². The van der Waals surface area contributed by atoms with Crippen LogP contribution in [0.25, 0.3) is 0 Å². The highest BCUT2D eigenvalue weighted by atomic mass is 32.1. The third-order valence-corrected chi connectivity index (χ3v) is 3.92. The van der Waals surface area contributed by atoms with Crippen molar-refractivity contribution in [3.63, 3.8) is 0 Å². The molecule has 1 aromatic rings. The monoisotopic (exact) mass is 179 g/mol. The molecule has 0 N–H and O–H groups in total. The summed E-state index contributed by atoms with van der Waals surface area (Å²) in [6.07, 6.45) is 4.18. The fourth-order valence-corrected chi connectivity index (χ4v) is 2.91. The van der Waals surface area contributed by atoms with E-state index < -0.39 is 0 Å². The molecule has 1 saturated carbocycles. The molecule has 2 heteroatoms. The third kappa shape index (κ3) is 1.10. The van der Waals surface area contributed by atoms with Crippen LogP contribution in [-0.4, -0.2) is 17.5 Å². The maximum Gasteiger partial charge on any atom is 0.0247 e. The zero-order valence-electron chi connectivity index (χ0n) is 7.12. The molecule has 1 aliphatic carbocycles. The number of hydrogen-bond acceptors (Lipinski definition) is 2. The van der Waals surface area contributed by atoms with Crippen molar-refractivity contribution in [2.75, 3.05) is 6.54 Å². The zero-order chi connectivity index (χ0) is 7.97. The Morgan fingerprint density at radius 1 is 1.42 bits per heavy atom. The van der Waals surface area contributed by atoms with E-state index in [9.17, 15) is 0 Å². The van der Waals surface area contributed by atoms with Crippen LogP contribution in [0.4, 0.5) is 0 Å². The minimum absolute atomic E-state index is 0.943. The summed E-state index contributed by atoms with van der Waals surface area (Å²) in [5.41, 5.74) is 1.60. The molecule has 1 aromatic heterocycles. The highest BCUT2D eigenvalue weighted by Crippen LogP contribution is 2.32. The molecular formula is C10H13NS. The van der Waals surface area contributed by atoms with Gasteiger partial charge in [-0.3, -0.25) is 4.90 Å². The molecule has 1 fully saturated rings. The van der Waals surface area contributed by atoms with Gasteiger partial charge < -0.3 is 0 Å². The quantitative estimate of drug-likeness (QED) is 0.639. The van der Waals surface area contributed by atoms with E-state index in [1.54, 1.807) is 10.4 Å². The zero-order valence-corrected chi connectivity index (χ0v) is 7.94. The van der Waals surface area contributed by atoms with Gasteiger partial charge in [-0.1, -0.05) is 0 Å². The first-order valence-electron chi connectivity index (χ1n) is 4.73. The summed E-state index contributed by atoms with van der Waals surface area (Å²) in [5.74, 6) is 0. The molecule has 1 aliphatic heterocycles. The molecular weight excluding hydrogens is 166 g/mol. The Morgan fingerprint density at radius 2 is 2.33 bits per heavy atom. The fraction of sp³-hybridized carbons (Fsp3) is 0.600. The van der Waals surface area contributed by atoms with Gasteiger partial charge in [0, 0.05) is 24.0 Å². The first-order chi connectivity index (χ1) is 5.93. The van der Waals surface area contributed by atoms with Gasteiger partial charge in [0.05, 0.1) is 0 Å². The Labute approximate surface area is 77.0 Å². The summed E-state index contributed by atoms with van der Waals surface area (Å²) >= 11 is 1.93. The largest absolute Gasteiger partial charge is 0.296 e. The van der Waals surface area contributed by atoms with E-state index >= 15 is 0 Å². The number of hydrogen-bond donors (Lipinski definition) is 0. The highest BCUT2D eigenvalue weighted by molar-refractivity contribution is 7.10. The van der Waals surface area contributed by atoms with Crippen molar-refractivity contribution in [1.82, 2.24) is 4.90 Å². The molecule has 3 rings (SSSR count). The van der Waals surface area contributed by atoms with Gasteiger partial charge >= 0.3 is 0 Å². The molecule has 0 saturated heterocycles. The first kappa shape index (κ1) is 7.10. The van der Waals surface area contributed by atoms with E-state index in [-0.39, 0.29) is 0 Å². The average molecular weight is 179 g/mol. The van der Waals surface area contributed by atoms with Gasteiger partial charge in [0.2, 0.25) is 0 Å². The van der Waals surface area contributed by atoms with Crippen molar-refractivity contribution in [3.8, 4) is 0 Å². The van der Waals surface area contributed by atoms with E-state index in [1.807, 2.05) is 11.3 Å². The van der Waals surface area contributed by atoms with E-state index in [0.29, 0.717) is 0 Å². The number of fused-ring (bicyclic) bond motifs is 1. The average Bonchev–Trinajstić information content (AvgIpc) is 2.84. The van der Waals surface area contributed by atoms with E-state index in [0.717, 1.165) is 6.04 Å². The Kier molecular flexibility index (Phi) is 1.52. The maximum atomic E-state index is 2.65. The predicted octanol–water partition coefficient (Wildman–Crippen LogP) is 2.27. The van der Waals surface area contributed by atoms with Crippen molar-refractivity contribution in [3.05, 3.63) is 21.9 Å². The number of nitrogens with zero attached hydrogens (tertiary/aromatic N) is 1. The first-order valence-corrected chi connectivity index (χ1v) is 5.61. The smallest absolute Gasteiger partial charge is 0.0247 e. The van der Waals surface area contributed by atoms with Crippen molar-refractivity contribution < 1.29 is 0 Å². The predicted molar refractivity (Wildman–Crippen MR) is 51.5 cm³/mol. The topological polar surface area (TPSA) is 3.24 Å². The molecule has 0 amide bonds. The molecule has 0 spiro atoms. The Hall–Kier alpha value is -0.340. The molecule has 0 unspecified atom stereocenters. The molecule has 12 heavy (non-hydrogen) atoms. The van der Waals surface area contributed by atoms with Crippen molar-refractivity contribution in [2.45, 2.75) is 31.8 Å². The Morgan fingerprint density at radius 3 is 3.17 bits per heavy atom. The number of rotatable bonds is 1. The van der Waals surface area contributed by atoms with Crippen molar-refractivity contribution in [1.29, 1.82) is 0 Å². The van der Waals surface area contributed by atoms with Gasteiger partial charge in [-0.15, -0.1) is 11.3 Å². The SMILES string of the molecule is c1cc2c(s1)CCN(C1CC1)C2. The third-order valence-electron chi connectivity index (χ3n) is 2.90. The van der Waals surface area contributed by atoms with Gasteiger partial charge in [-0.25, -0.2) is 0 Å². The van der Waals surface area contributed by atoms with Crippen LogP contribution in [-0.2, 0) is 13.0 Å². The van der Waals surface area contributed by atoms with Crippen molar-refractivity contribution in [2.24, 2.45) is 0 Å². The molecule has 2 heterocycles. The van der Waals surface area contributed by atoms with Gasteiger partial charge in [-0.2, -0.15) is 0 Å². The second-order valence-electron chi connectivity index (χ2n) is 3.82. The van der Waals surface area contributed by atoms with Gasteiger partial charge in [0.15, 0.2) is 0 Å². The van der Waals surface area contributed by atoms with Crippen LogP contribution >= 0.6 is 11.3 Å². The van der Waals surface area contributed by atoms with Crippen LogP contribution in [0.1, 0.15) is 23.3 Å². The number of thiophene rings is 1. The summed E-state index contributed by atoms with van der Waals surface area (Å²) < 4.78 is 0. The molecule has 0 aromatic carbocycles. The maximum absolute atomic E-state index is 2.65. The molecule has 0 radical (unpaired) electrons. The normalized spacial score (nSPS) is 24.0. The summed E-state index contributed by atoms with van der Waals surface area (Å²) in [4.78, 5) is 4.28. The molecule has 0 atom stereocenters. The van der Waals surface area contributed by atoms with Gasteiger partial charge in [0.1, 0.15) is 0 Å². The van der Waals surface area contributed by atoms with Crippen LogP contribution in [0.3, 0.4) is 0 Å². The van der Waals surface area contributed by atoms with Crippen LogP contribution in [0.5, 0.6) is 0 Å². The van der Waals surface area contributed by atoms with Gasteiger partial charge in [0.25, 0.3) is 0 Å².